The number of rotatable bonds is 3. The van der Waals surface area contributed by atoms with E-state index in [1.807, 2.05) is 24.8 Å². The fourth-order valence-electron chi connectivity index (χ4n) is 6.36. The molecule has 0 bridgehead atoms. The zero-order chi connectivity index (χ0) is 23.4. The van der Waals surface area contributed by atoms with Crippen LogP contribution >= 0.6 is 0 Å². The first kappa shape index (κ1) is 21.4. The second-order valence-electron chi connectivity index (χ2n) is 10.4. The van der Waals surface area contributed by atoms with Crippen molar-refractivity contribution in [3.63, 3.8) is 0 Å². The summed E-state index contributed by atoms with van der Waals surface area (Å²) in [6, 6.07) is 15.0. The molecule has 2 saturated heterocycles. The lowest BCUT2D eigenvalue weighted by molar-refractivity contribution is -0.0439. The summed E-state index contributed by atoms with van der Waals surface area (Å²) in [5, 5.41) is 0. The van der Waals surface area contributed by atoms with E-state index < -0.39 is 5.79 Å². The number of nitrogens with zero attached hydrogens (tertiary/aromatic N) is 2. The summed E-state index contributed by atoms with van der Waals surface area (Å²) in [4.78, 5) is 18.4. The molecule has 2 aromatic rings. The Hall–Kier alpha value is -3.15. The van der Waals surface area contributed by atoms with Crippen molar-refractivity contribution in [2.45, 2.75) is 57.4 Å². The average molecular weight is 461 g/mol. The lowest BCUT2D eigenvalue weighted by atomic mass is 10.0. The minimum absolute atomic E-state index is 0.00470. The van der Waals surface area contributed by atoms with Gasteiger partial charge in [-0.3, -0.25) is 4.79 Å². The SMILES string of the molecule is COc1cc(C(=O)N2CC(=Cc3ccccc3)N3[C@@H](C[C@@H]4CCC[C@@H]43)C2)cc2c1OC(C)(C)O2. The lowest BCUT2D eigenvalue weighted by Gasteiger charge is -2.43. The number of carbonyl (C=O) groups excluding carboxylic acids is 1. The summed E-state index contributed by atoms with van der Waals surface area (Å²) in [5.41, 5.74) is 3.00. The predicted molar refractivity (Wildman–Crippen MR) is 130 cm³/mol. The van der Waals surface area contributed by atoms with Crippen molar-refractivity contribution in [3.8, 4) is 17.2 Å². The Bertz CT molecular complexity index is 1140. The third kappa shape index (κ3) is 3.60. The third-order valence-corrected chi connectivity index (χ3v) is 7.67. The summed E-state index contributed by atoms with van der Waals surface area (Å²) in [6.07, 6.45) is 7.32. The molecule has 4 aliphatic rings. The van der Waals surface area contributed by atoms with Crippen molar-refractivity contribution in [2.24, 2.45) is 5.92 Å². The largest absolute Gasteiger partial charge is 0.493 e. The Kier molecular flexibility index (Phi) is 5.01. The van der Waals surface area contributed by atoms with Crippen molar-refractivity contribution in [1.82, 2.24) is 9.80 Å². The Morgan fingerprint density at radius 2 is 1.97 bits per heavy atom. The molecule has 2 aromatic carbocycles. The summed E-state index contributed by atoms with van der Waals surface area (Å²) < 4.78 is 17.4. The number of benzene rings is 2. The molecule has 6 heteroatoms. The van der Waals surface area contributed by atoms with Gasteiger partial charge in [0.15, 0.2) is 11.5 Å². The van der Waals surface area contributed by atoms with Gasteiger partial charge in [0.1, 0.15) is 0 Å². The molecule has 3 heterocycles. The molecule has 0 aromatic heterocycles. The smallest absolute Gasteiger partial charge is 0.254 e. The zero-order valence-corrected chi connectivity index (χ0v) is 20.1. The number of amides is 1. The van der Waals surface area contributed by atoms with Crippen LogP contribution in [0.5, 0.6) is 17.2 Å². The highest BCUT2D eigenvalue weighted by molar-refractivity contribution is 5.96. The van der Waals surface area contributed by atoms with Crippen molar-refractivity contribution >= 4 is 12.0 Å². The first-order valence-corrected chi connectivity index (χ1v) is 12.3. The van der Waals surface area contributed by atoms with E-state index in [1.165, 1.54) is 36.9 Å². The fraction of sp³-hybridized carbons (Fsp3) is 0.464. The molecule has 6 rings (SSSR count). The van der Waals surface area contributed by atoms with Crippen molar-refractivity contribution in [2.75, 3.05) is 20.2 Å². The van der Waals surface area contributed by atoms with Crippen molar-refractivity contribution < 1.29 is 19.0 Å². The lowest BCUT2D eigenvalue weighted by Crippen LogP contribution is -2.52. The van der Waals surface area contributed by atoms with E-state index in [4.69, 9.17) is 14.2 Å². The van der Waals surface area contributed by atoms with E-state index in [0.29, 0.717) is 41.4 Å². The van der Waals surface area contributed by atoms with Crippen LogP contribution in [0.15, 0.2) is 48.2 Å². The molecule has 1 saturated carbocycles. The fourth-order valence-corrected chi connectivity index (χ4v) is 6.36. The predicted octanol–water partition coefficient (Wildman–Crippen LogP) is 4.94. The molecule has 0 unspecified atom stereocenters. The molecule has 178 valence electrons. The summed E-state index contributed by atoms with van der Waals surface area (Å²) >= 11 is 0. The Balaban J connectivity index is 1.33. The number of ether oxygens (including phenoxy) is 3. The van der Waals surface area contributed by atoms with Gasteiger partial charge in [-0.05, 0) is 49.0 Å². The minimum atomic E-state index is -0.782. The van der Waals surface area contributed by atoms with Crippen LogP contribution in [0, 0.1) is 5.92 Å². The number of piperazine rings is 1. The van der Waals surface area contributed by atoms with E-state index >= 15 is 0 Å². The second-order valence-corrected chi connectivity index (χ2v) is 10.4. The third-order valence-electron chi connectivity index (χ3n) is 7.67. The number of methoxy groups -OCH3 is 1. The van der Waals surface area contributed by atoms with Crippen LogP contribution < -0.4 is 14.2 Å². The molecule has 1 aliphatic carbocycles. The Morgan fingerprint density at radius 1 is 1.15 bits per heavy atom. The topological polar surface area (TPSA) is 51.2 Å². The summed E-state index contributed by atoms with van der Waals surface area (Å²) in [5.74, 6) is 1.61. The number of carbonyl (C=O) groups is 1. The van der Waals surface area contributed by atoms with Crippen molar-refractivity contribution in [3.05, 3.63) is 59.3 Å². The highest BCUT2D eigenvalue weighted by Crippen LogP contribution is 2.48. The molecule has 0 radical (unpaired) electrons. The van der Waals surface area contributed by atoms with Crippen LogP contribution in [0.1, 0.15) is 55.5 Å². The van der Waals surface area contributed by atoms with E-state index in [1.54, 1.807) is 19.2 Å². The normalized spacial score (nSPS) is 27.6. The number of hydrogen-bond acceptors (Lipinski definition) is 5. The zero-order valence-electron chi connectivity index (χ0n) is 20.1. The molecule has 0 N–H and O–H groups in total. The number of fused-ring (bicyclic) bond motifs is 4. The molecular formula is C28H32N2O4. The molecule has 3 aliphatic heterocycles. The molecule has 3 atom stereocenters. The second kappa shape index (κ2) is 7.97. The molecule has 1 amide bonds. The van der Waals surface area contributed by atoms with Gasteiger partial charge in [0, 0.05) is 43.7 Å². The van der Waals surface area contributed by atoms with Gasteiger partial charge in [-0.15, -0.1) is 0 Å². The standard InChI is InChI=1S/C28H32N2O4/c1-28(2)33-25-15-20(14-24(32-3)26(25)34-28)27(31)29-16-21(12-18-8-5-4-6-9-18)30-22(17-29)13-19-10-7-11-23(19)30/h4-6,8-9,12,14-15,19,22-23H,7,10-11,13,16-17H2,1-3H3/t19-,22-,23-/m0/s1. The maximum Gasteiger partial charge on any atom is 0.254 e. The number of hydrogen-bond donors (Lipinski definition) is 0. The monoisotopic (exact) mass is 460 g/mol. The molecule has 0 spiro atoms. The minimum Gasteiger partial charge on any atom is -0.493 e. The van der Waals surface area contributed by atoms with E-state index in [9.17, 15) is 4.79 Å². The van der Waals surface area contributed by atoms with Crippen LogP contribution in [0.3, 0.4) is 0 Å². The van der Waals surface area contributed by atoms with Gasteiger partial charge >= 0.3 is 0 Å². The van der Waals surface area contributed by atoms with Crippen molar-refractivity contribution in [1.29, 1.82) is 0 Å². The maximum absolute atomic E-state index is 13.8. The van der Waals surface area contributed by atoms with Crippen LogP contribution in [0.4, 0.5) is 0 Å². The van der Waals surface area contributed by atoms with E-state index in [-0.39, 0.29) is 5.91 Å². The van der Waals surface area contributed by atoms with Crippen LogP contribution in [0.2, 0.25) is 0 Å². The van der Waals surface area contributed by atoms with E-state index in [0.717, 1.165) is 12.5 Å². The van der Waals surface area contributed by atoms with E-state index in [2.05, 4.69) is 35.2 Å². The van der Waals surface area contributed by atoms with Crippen LogP contribution in [-0.4, -0.2) is 53.8 Å². The van der Waals surface area contributed by atoms with Gasteiger partial charge in [0.05, 0.1) is 13.7 Å². The first-order chi connectivity index (χ1) is 16.4. The quantitative estimate of drug-likeness (QED) is 0.649. The van der Waals surface area contributed by atoms with Gasteiger partial charge in [-0.25, -0.2) is 0 Å². The van der Waals surface area contributed by atoms with Crippen LogP contribution in [0.25, 0.3) is 6.08 Å². The maximum atomic E-state index is 13.8. The van der Waals surface area contributed by atoms with Crippen LogP contribution in [-0.2, 0) is 0 Å². The van der Waals surface area contributed by atoms with Gasteiger partial charge in [-0.2, -0.15) is 0 Å². The highest BCUT2D eigenvalue weighted by atomic mass is 16.7. The summed E-state index contributed by atoms with van der Waals surface area (Å²) in [7, 11) is 1.59. The van der Waals surface area contributed by atoms with Gasteiger partial charge in [0.2, 0.25) is 11.5 Å². The first-order valence-electron chi connectivity index (χ1n) is 12.3. The molecule has 6 nitrogen and oxygen atoms in total. The highest BCUT2D eigenvalue weighted by Gasteiger charge is 2.47. The molecular weight excluding hydrogens is 428 g/mol. The van der Waals surface area contributed by atoms with Gasteiger partial charge in [0.25, 0.3) is 5.91 Å². The van der Waals surface area contributed by atoms with Gasteiger partial charge < -0.3 is 24.0 Å². The van der Waals surface area contributed by atoms with Gasteiger partial charge in [-0.1, -0.05) is 36.8 Å². The molecule has 3 fully saturated rings. The summed E-state index contributed by atoms with van der Waals surface area (Å²) in [6.45, 7) is 5.06. The Labute approximate surface area is 201 Å². The average Bonchev–Trinajstić information content (AvgIpc) is 3.49. The molecule has 34 heavy (non-hydrogen) atoms. The Morgan fingerprint density at radius 3 is 2.76 bits per heavy atom.